The number of hydrogen-bond donors (Lipinski definition) is 2. The Morgan fingerprint density at radius 2 is 1.84 bits per heavy atom. The fourth-order valence-electron chi connectivity index (χ4n) is 2.15. The van der Waals surface area contributed by atoms with Gasteiger partial charge in [0, 0.05) is 18.0 Å². The number of pyridine rings is 1. The van der Waals surface area contributed by atoms with Gasteiger partial charge in [0.15, 0.2) is 5.82 Å². The van der Waals surface area contributed by atoms with E-state index in [1.54, 1.807) is 0 Å². The summed E-state index contributed by atoms with van der Waals surface area (Å²) in [6.45, 7) is 2.01. The van der Waals surface area contributed by atoms with E-state index in [-0.39, 0.29) is 0 Å². The van der Waals surface area contributed by atoms with Crippen molar-refractivity contribution in [1.82, 2.24) is 15.2 Å². The average molecular weight is 250 g/mol. The lowest BCUT2D eigenvalue weighted by Crippen LogP contribution is -1.89. The van der Waals surface area contributed by atoms with E-state index in [2.05, 4.69) is 21.2 Å². The molecule has 0 saturated heterocycles. The molecule has 3 N–H and O–H groups in total. The van der Waals surface area contributed by atoms with Crippen molar-refractivity contribution in [2.24, 2.45) is 0 Å². The van der Waals surface area contributed by atoms with Gasteiger partial charge in [-0.15, -0.1) is 0 Å². The van der Waals surface area contributed by atoms with Crippen LogP contribution in [-0.2, 0) is 0 Å². The van der Waals surface area contributed by atoms with E-state index < -0.39 is 0 Å². The van der Waals surface area contributed by atoms with Crippen molar-refractivity contribution >= 4 is 5.82 Å². The standard InChI is InChI=1S/C15H14N4/c1-10-7-12(9-17-8-10)14-13(15(16)19-18-14)11-5-3-2-4-6-11/h2-9H,1H3,(H3,16,18,19). The van der Waals surface area contributed by atoms with Gasteiger partial charge < -0.3 is 5.73 Å². The first-order valence-electron chi connectivity index (χ1n) is 6.07. The second kappa shape index (κ2) is 4.57. The zero-order chi connectivity index (χ0) is 13.2. The van der Waals surface area contributed by atoms with E-state index in [0.717, 1.165) is 27.9 Å². The van der Waals surface area contributed by atoms with Crippen LogP contribution >= 0.6 is 0 Å². The summed E-state index contributed by atoms with van der Waals surface area (Å²) in [6, 6.07) is 12.1. The van der Waals surface area contributed by atoms with Crippen molar-refractivity contribution in [1.29, 1.82) is 0 Å². The Bertz CT molecular complexity index is 701. The van der Waals surface area contributed by atoms with Gasteiger partial charge in [-0.25, -0.2) is 0 Å². The lowest BCUT2D eigenvalue weighted by molar-refractivity contribution is 1.10. The van der Waals surface area contributed by atoms with Gasteiger partial charge in [-0.3, -0.25) is 10.1 Å². The highest BCUT2D eigenvalue weighted by molar-refractivity contribution is 5.87. The van der Waals surface area contributed by atoms with Gasteiger partial charge in [0.1, 0.15) is 0 Å². The van der Waals surface area contributed by atoms with Gasteiger partial charge in [0.2, 0.25) is 0 Å². The van der Waals surface area contributed by atoms with Crippen LogP contribution in [0.15, 0.2) is 48.8 Å². The molecule has 0 spiro atoms. The van der Waals surface area contributed by atoms with Crippen molar-refractivity contribution in [3.63, 3.8) is 0 Å². The SMILES string of the molecule is Cc1cncc(-c2[nH]nc(N)c2-c2ccccc2)c1. The van der Waals surface area contributed by atoms with Crippen LogP contribution in [0.1, 0.15) is 5.56 Å². The number of hydrogen-bond acceptors (Lipinski definition) is 3. The number of rotatable bonds is 2. The lowest BCUT2D eigenvalue weighted by atomic mass is 10.0. The van der Waals surface area contributed by atoms with Crippen LogP contribution < -0.4 is 5.73 Å². The third-order valence-corrected chi connectivity index (χ3v) is 3.02. The minimum absolute atomic E-state index is 0.503. The summed E-state index contributed by atoms with van der Waals surface area (Å²) in [4.78, 5) is 4.22. The Labute approximate surface area is 111 Å². The third-order valence-electron chi connectivity index (χ3n) is 3.02. The molecule has 0 radical (unpaired) electrons. The molecule has 0 unspecified atom stereocenters. The van der Waals surface area contributed by atoms with E-state index in [1.165, 1.54) is 0 Å². The van der Waals surface area contributed by atoms with Gasteiger partial charge in [0.05, 0.1) is 11.3 Å². The van der Waals surface area contributed by atoms with Crippen molar-refractivity contribution < 1.29 is 0 Å². The second-order valence-corrected chi connectivity index (χ2v) is 4.48. The van der Waals surface area contributed by atoms with E-state index in [0.29, 0.717) is 5.82 Å². The van der Waals surface area contributed by atoms with Crippen LogP contribution in [0.3, 0.4) is 0 Å². The molecule has 4 nitrogen and oxygen atoms in total. The minimum atomic E-state index is 0.503. The second-order valence-electron chi connectivity index (χ2n) is 4.48. The summed E-state index contributed by atoms with van der Waals surface area (Å²) in [7, 11) is 0. The number of nitrogen functional groups attached to an aromatic ring is 1. The number of nitrogens with zero attached hydrogens (tertiary/aromatic N) is 2. The summed E-state index contributed by atoms with van der Waals surface area (Å²) < 4.78 is 0. The summed E-state index contributed by atoms with van der Waals surface area (Å²) in [5.41, 5.74) is 10.9. The summed E-state index contributed by atoms with van der Waals surface area (Å²) >= 11 is 0. The van der Waals surface area contributed by atoms with Gasteiger partial charge in [-0.1, -0.05) is 30.3 Å². The molecule has 1 aromatic carbocycles. The zero-order valence-electron chi connectivity index (χ0n) is 10.6. The lowest BCUT2D eigenvalue weighted by Gasteiger charge is -2.05. The molecular weight excluding hydrogens is 236 g/mol. The van der Waals surface area contributed by atoms with Crippen LogP contribution in [0.4, 0.5) is 5.82 Å². The van der Waals surface area contributed by atoms with Crippen molar-refractivity contribution in [3.05, 3.63) is 54.4 Å². The van der Waals surface area contributed by atoms with E-state index in [4.69, 9.17) is 5.73 Å². The fourth-order valence-corrected chi connectivity index (χ4v) is 2.15. The van der Waals surface area contributed by atoms with Crippen molar-refractivity contribution in [2.75, 3.05) is 5.73 Å². The number of benzene rings is 1. The minimum Gasteiger partial charge on any atom is -0.382 e. The maximum atomic E-state index is 5.99. The molecule has 0 fully saturated rings. The molecule has 3 aromatic rings. The molecule has 0 atom stereocenters. The van der Waals surface area contributed by atoms with Gasteiger partial charge >= 0.3 is 0 Å². The number of nitrogens with one attached hydrogen (secondary N) is 1. The van der Waals surface area contributed by atoms with Crippen LogP contribution in [0.2, 0.25) is 0 Å². The average Bonchev–Trinajstić information content (AvgIpc) is 2.82. The Kier molecular flexibility index (Phi) is 2.76. The molecule has 94 valence electrons. The molecule has 0 bridgehead atoms. The maximum absolute atomic E-state index is 5.99. The molecule has 3 rings (SSSR count). The molecule has 19 heavy (non-hydrogen) atoms. The fraction of sp³-hybridized carbons (Fsp3) is 0.0667. The number of H-pyrrole nitrogens is 1. The smallest absolute Gasteiger partial charge is 0.153 e. The highest BCUT2D eigenvalue weighted by Crippen LogP contribution is 2.34. The molecule has 0 aliphatic carbocycles. The predicted octanol–water partition coefficient (Wildman–Crippen LogP) is 3.03. The third kappa shape index (κ3) is 2.08. The highest BCUT2D eigenvalue weighted by Gasteiger charge is 2.14. The van der Waals surface area contributed by atoms with Gasteiger partial charge in [-0.2, -0.15) is 5.10 Å². The Hall–Kier alpha value is -2.62. The number of aromatic nitrogens is 3. The number of nitrogens with two attached hydrogens (primary N) is 1. The topological polar surface area (TPSA) is 67.6 Å². The zero-order valence-corrected chi connectivity index (χ0v) is 10.6. The number of anilines is 1. The van der Waals surface area contributed by atoms with Crippen LogP contribution in [0.25, 0.3) is 22.4 Å². The van der Waals surface area contributed by atoms with Crippen molar-refractivity contribution in [2.45, 2.75) is 6.92 Å². The van der Waals surface area contributed by atoms with Gasteiger partial charge in [0.25, 0.3) is 0 Å². The molecule has 4 heteroatoms. The molecule has 2 heterocycles. The van der Waals surface area contributed by atoms with Crippen LogP contribution in [0.5, 0.6) is 0 Å². The first-order valence-corrected chi connectivity index (χ1v) is 6.07. The first kappa shape index (κ1) is 11.5. The van der Waals surface area contributed by atoms with Gasteiger partial charge in [-0.05, 0) is 24.1 Å². The monoisotopic (exact) mass is 250 g/mol. The number of aryl methyl sites for hydroxylation is 1. The molecule has 0 saturated carbocycles. The summed E-state index contributed by atoms with van der Waals surface area (Å²) in [5, 5.41) is 7.13. The van der Waals surface area contributed by atoms with E-state index >= 15 is 0 Å². The Balaban J connectivity index is 2.19. The van der Waals surface area contributed by atoms with E-state index in [9.17, 15) is 0 Å². The molecular formula is C15H14N4. The molecule has 0 aliphatic heterocycles. The Morgan fingerprint density at radius 1 is 1.05 bits per heavy atom. The van der Waals surface area contributed by atoms with Crippen molar-refractivity contribution in [3.8, 4) is 22.4 Å². The molecule has 0 amide bonds. The molecule has 2 aromatic heterocycles. The van der Waals surface area contributed by atoms with E-state index in [1.807, 2.05) is 49.6 Å². The molecule has 0 aliphatic rings. The van der Waals surface area contributed by atoms with Crippen LogP contribution in [0, 0.1) is 6.92 Å². The Morgan fingerprint density at radius 3 is 2.58 bits per heavy atom. The largest absolute Gasteiger partial charge is 0.382 e. The highest BCUT2D eigenvalue weighted by atomic mass is 15.2. The van der Waals surface area contributed by atoms with Crippen LogP contribution in [-0.4, -0.2) is 15.2 Å². The maximum Gasteiger partial charge on any atom is 0.153 e. The first-order chi connectivity index (χ1) is 9.25. The quantitative estimate of drug-likeness (QED) is 0.734. The number of aromatic amines is 1. The predicted molar refractivity (Wildman–Crippen MR) is 76.4 cm³/mol. The summed E-state index contributed by atoms with van der Waals surface area (Å²) in [6.07, 6.45) is 3.64. The summed E-state index contributed by atoms with van der Waals surface area (Å²) in [5.74, 6) is 0.503. The normalized spacial score (nSPS) is 10.6.